The predicted octanol–water partition coefficient (Wildman–Crippen LogP) is 2.30. The van der Waals surface area contributed by atoms with Gasteiger partial charge in [0.2, 0.25) is 0 Å². The lowest BCUT2D eigenvalue weighted by atomic mass is 10.2. The summed E-state index contributed by atoms with van der Waals surface area (Å²) in [6.45, 7) is 1.92. The molecule has 1 rings (SSSR count). The second-order valence-corrected chi connectivity index (χ2v) is 3.02. The Morgan fingerprint density at radius 3 is 2.67 bits per heavy atom. The van der Waals surface area contributed by atoms with Crippen LogP contribution in [0.4, 0.5) is 8.78 Å². The first-order valence-electron chi connectivity index (χ1n) is 4.13. The van der Waals surface area contributed by atoms with Gasteiger partial charge in [-0.1, -0.05) is 11.6 Å². The summed E-state index contributed by atoms with van der Waals surface area (Å²) in [5, 5.41) is -0.175. The minimum Gasteiger partial charge on any atom is -0.274 e. The number of hydrogen-bond donors (Lipinski definition) is 1. The maximum atomic E-state index is 12.8. The molecular formula is C9H8ClF2NO2. The van der Waals surface area contributed by atoms with E-state index in [-0.39, 0.29) is 17.2 Å². The van der Waals surface area contributed by atoms with Crippen molar-refractivity contribution < 1.29 is 18.4 Å². The van der Waals surface area contributed by atoms with Crippen molar-refractivity contribution in [1.82, 2.24) is 5.48 Å². The van der Waals surface area contributed by atoms with Crippen LogP contribution in [-0.2, 0) is 4.84 Å². The standard InChI is InChI=1S/C9H8ClF2NO2/c1-2-15-13-9(14)5-3-7(11)8(12)4-6(5)10/h3-4H,2H2,1H3,(H,13,14). The van der Waals surface area contributed by atoms with Crippen LogP contribution in [0.5, 0.6) is 0 Å². The first kappa shape index (κ1) is 11.9. The summed E-state index contributed by atoms with van der Waals surface area (Å²) in [7, 11) is 0. The molecule has 1 aromatic rings. The maximum absolute atomic E-state index is 12.8. The largest absolute Gasteiger partial charge is 0.276 e. The highest BCUT2D eigenvalue weighted by atomic mass is 35.5. The van der Waals surface area contributed by atoms with Gasteiger partial charge in [0, 0.05) is 0 Å². The number of halogens is 3. The van der Waals surface area contributed by atoms with Crippen molar-refractivity contribution in [2.45, 2.75) is 6.92 Å². The van der Waals surface area contributed by atoms with Gasteiger partial charge in [0.25, 0.3) is 5.91 Å². The second-order valence-electron chi connectivity index (χ2n) is 2.61. The Hall–Kier alpha value is -1.20. The summed E-state index contributed by atoms with van der Waals surface area (Å²) in [5.41, 5.74) is 1.85. The molecule has 0 unspecified atom stereocenters. The van der Waals surface area contributed by atoms with Crippen molar-refractivity contribution in [1.29, 1.82) is 0 Å². The van der Waals surface area contributed by atoms with Crippen LogP contribution in [-0.4, -0.2) is 12.5 Å². The summed E-state index contributed by atoms with van der Waals surface area (Å²) in [6.07, 6.45) is 0. The van der Waals surface area contributed by atoms with Crippen LogP contribution in [0.3, 0.4) is 0 Å². The minimum absolute atomic E-state index is 0.175. The fraction of sp³-hybridized carbons (Fsp3) is 0.222. The van der Waals surface area contributed by atoms with Crippen molar-refractivity contribution in [2.75, 3.05) is 6.61 Å². The molecule has 0 aliphatic heterocycles. The van der Waals surface area contributed by atoms with Gasteiger partial charge in [-0.2, -0.15) is 0 Å². The number of amides is 1. The lowest BCUT2D eigenvalue weighted by molar-refractivity contribution is 0.0364. The molecule has 1 N–H and O–H groups in total. The van der Waals surface area contributed by atoms with E-state index in [1.165, 1.54) is 0 Å². The minimum atomic E-state index is -1.14. The van der Waals surface area contributed by atoms with E-state index >= 15 is 0 Å². The van der Waals surface area contributed by atoms with E-state index in [0.717, 1.165) is 6.07 Å². The number of carbonyl (C=O) groups is 1. The molecule has 0 radical (unpaired) electrons. The van der Waals surface area contributed by atoms with Crippen LogP contribution in [0.1, 0.15) is 17.3 Å². The summed E-state index contributed by atoms with van der Waals surface area (Å²) in [6, 6.07) is 1.45. The first-order valence-corrected chi connectivity index (χ1v) is 4.50. The number of benzene rings is 1. The molecule has 15 heavy (non-hydrogen) atoms. The van der Waals surface area contributed by atoms with E-state index in [2.05, 4.69) is 4.84 Å². The quantitative estimate of drug-likeness (QED) is 0.645. The van der Waals surface area contributed by atoms with Gasteiger partial charge in [-0.15, -0.1) is 0 Å². The number of hydrogen-bond acceptors (Lipinski definition) is 2. The molecule has 0 atom stereocenters. The average molecular weight is 236 g/mol. The Kier molecular flexibility index (Phi) is 3.99. The van der Waals surface area contributed by atoms with Gasteiger partial charge in [0.15, 0.2) is 11.6 Å². The third-order valence-electron chi connectivity index (χ3n) is 1.56. The smallest absolute Gasteiger partial charge is 0.274 e. The molecule has 3 nitrogen and oxygen atoms in total. The van der Waals surface area contributed by atoms with Crippen molar-refractivity contribution >= 4 is 17.5 Å². The summed E-state index contributed by atoms with van der Waals surface area (Å²) >= 11 is 5.55. The van der Waals surface area contributed by atoms with E-state index in [1.807, 2.05) is 5.48 Å². The van der Waals surface area contributed by atoms with Crippen LogP contribution in [0.15, 0.2) is 12.1 Å². The molecule has 0 aliphatic carbocycles. The molecule has 0 fully saturated rings. The maximum Gasteiger partial charge on any atom is 0.276 e. The van der Waals surface area contributed by atoms with Crippen LogP contribution in [0, 0.1) is 11.6 Å². The fourth-order valence-corrected chi connectivity index (χ4v) is 1.13. The SMILES string of the molecule is CCONC(=O)c1cc(F)c(F)cc1Cl. The predicted molar refractivity (Wildman–Crippen MR) is 50.5 cm³/mol. The highest BCUT2D eigenvalue weighted by Gasteiger charge is 2.14. The van der Waals surface area contributed by atoms with E-state index in [4.69, 9.17) is 11.6 Å². The highest BCUT2D eigenvalue weighted by Crippen LogP contribution is 2.19. The van der Waals surface area contributed by atoms with Gasteiger partial charge in [0.1, 0.15) is 0 Å². The number of hydroxylamine groups is 1. The Bertz CT molecular complexity index is 385. The van der Waals surface area contributed by atoms with Crippen LogP contribution in [0.2, 0.25) is 5.02 Å². The first-order chi connectivity index (χ1) is 7.06. The van der Waals surface area contributed by atoms with Gasteiger partial charge in [-0.3, -0.25) is 9.63 Å². The molecule has 6 heteroatoms. The molecule has 0 spiro atoms. The Morgan fingerprint density at radius 1 is 1.47 bits per heavy atom. The van der Waals surface area contributed by atoms with Crippen molar-refractivity contribution in [3.05, 3.63) is 34.4 Å². The van der Waals surface area contributed by atoms with Crippen LogP contribution >= 0.6 is 11.6 Å². The average Bonchev–Trinajstić information content (AvgIpc) is 2.20. The lowest BCUT2D eigenvalue weighted by Gasteiger charge is -2.05. The zero-order valence-corrected chi connectivity index (χ0v) is 8.57. The Balaban J connectivity index is 2.94. The van der Waals surface area contributed by atoms with Crippen LogP contribution in [0.25, 0.3) is 0 Å². The van der Waals surface area contributed by atoms with E-state index in [0.29, 0.717) is 6.07 Å². The number of carbonyl (C=O) groups excluding carboxylic acids is 1. The molecule has 1 aromatic carbocycles. The molecule has 1 amide bonds. The van der Waals surface area contributed by atoms with E-state index in [1.54, 1.807) is 6.92 Å². The van der Waals surface area contributed by atoms with E-state index in [9.17, 15) is 13.6 Å². The van der Waals surface area contributed by atoms with Gasteiger partial charge in [-0.05, 0) is 19.1 Å². The van der Waals surface area contributed by atoms with Gasteiger partial charge in [-0.25, -0.2) is 14.3 Å². The summed E-state index contributed by atoms with van der Waals surface area (Å²) < 4.78 is 25.4. The monoisotopic (exact) mass is 235 g/mol. The van der Waals surface area contributed by atoms with Crippen LogP contribution < -0.4 is 5.48 Å². The molecule has 0 aliphatic rings. The molecule has 82 valence electrons. The Morgan fingerprint density at radius 2 is 2.07 bits per heavy atom. The highest BCUT2D eigenvalue weighted by molar-refractivity contribution is 6.33. The molecule has 0 saturated heterocycles. The number of rotatable bonds is 3. The molecule has 0 heterocycles. The topological polar surface area (TPSA) is 38.3 Å². The third kappa shape index (κ3) is 2.87. The lowest BCUT2D eigenvalue weighted by Crippen LogP contribution is -2.24. The fourth-order valence-electron chi connectivity index (χ4n) is 0.889. The van der Waals surface area contributed by atoms with Gasteiger partial charge < -0.3 is 0 Å². The Labute approximate surface area is 89.9 Å². The van der Waals surface area contributed by atoms with Gasteiger partial charge in [0.05, 0.1) is 17.2 Å². The normalized spacial score (nSPS) is 10.1. The van der Waals surface area contributed by atoms with Crippen molar-refractivity contribution in [2.24, 2.45) is 0 Å². The summed E-state index contributed by atoms with van der Waals surface area (Å²) in [4.78, 5) is 15.9. The zero-order chi connectivity index (χ0) is 11.4. The van der Waals surface area contributed by atoms with Crippen molar-refractivity contribution in [3.8, 4) is 0 Å². The third-order valence-corrected chi connectivity index (χ3v) is 1.88. The van der Waals surface area contributed by atoms with E-state index < -0.39 is 17.5 Å². The van der Waals surface area contributed by atoms with Gasteiger partial charge >= 0.3 is 0 Å². The molecule has 0 aromatic heterocycles. The number of nitrogens with one attached hydrogen (secondary N) is 1. The summed E-state index contributed by atoms with van der Waals surface area (Å²) in [5.74, 6) is -2.96. The molecule has 0 saturated carbocycles. The van der Waals surface area contributed by atoms with Crippen molar-refractivity contribution in [3.63, 3.8) is 0 Å². The zero-order valence-electron chi connectivity index (χ0n) is 7.81. The second kappa shape index (κ2) is 5.04. The molecular weight excluding hydrogens is 228 g/mol. The molecule has 0 bridgehead atoms.